The van der Waals surface area contributed by atoms with Gasteiger partial charge in [0.25, 0.3) is 0 Å². The number of benzene rings is 6. The summed E-state index contributed by atoms with van der Waals surface area (Å²) >= 11 is 0. The highest BCUT2D eigenvalue weighted by molar-refractivity contribution is 5.91. The van der Waals surface area contributed by atoms with Crippen molar-refractivity contribution in [2.45, 2.75) is 13.8 Å². The molecular formula is C51H38N4. The molecule has 0 N–H and O–H groups in total. The van der Waals surface area contributed by atoms with Gasteiger partial charge in [-0.25, -0.2) is 15.0 Å². The Labute approximate surface area is 322 Å². The van der Waals surface area contributed by atoms with Gasteiger partial charge in [-0.1, -0.05) is 170 Å². The summed E-state index contributed by atoms with van der Waals surface area (Å²) in [6.07, 6.45) is 0. The highest BCUT2D eigenvalue weighted by Crippen LogP contribution is 2.42. The fourth-order valence-corrected chi connectivity index (χ4v) is 7.31. The number of hydrogen-bond donors (Lipinski definition) is 0. The van der Waals surface area contributed by atoms with Crippen LogP contribution < -0.4 is 0 Å². The molecule has 9 aromatic rings. The summed E-state index contributed by atoms with van der Waals surface area (Å²) in [7, 11) is 0. The largest absolute Gasteiger partial charge is 0.296 e. The topological polar surface area (TPSA) is 43.6 Å². The Kier molecular flexibility index (Phi) is 8.99. The normalized spacial score (nSPS) is 11.1. The van der Waals surface area contributed by atoms with E-state index in [9.17, 15) is 0 Å². The monoisotopic (exact) mass is 706 g/mol. The molecule has 55 heavy (non-hydrogen) atoms. The zero-order valence-electron chi connectivity index (χ0n) is 30.8. The molecule has 0 bridgehead atoms. The van der Waals surface area contributed by atoms with E-state index in [0.29, 0.717) is 0 Å². The van der Waals surface area contributed by atoms with E-state index in [4.69, 9.17) is 15.0 Å². The van der Waals surface area contributed by atoms with Gasteiger partial charge in [0.05, 0.1) is 34.2 Å². The van der Waals surface area contributed by atoms with E-state index < -0.39 is 0 Å². The lowest BCUT2D eigenvalue weighted by atomic mass is 9.92. The van der Waals surface area contributed by atoms with Gasteiger partial charge in [0.2, 0.25) is 0 Å². The van der Waals surface area contributed by atoms with Gasteiger partial charge < -0.3 is 0 Å². The fourth-order valence-electron chi connectivity index (χ4n) is 7.31. The first-order valence-electron chi connectivity index (χ1n) is 18.6. The van der Waals surface area contributed by atoms with Crippen molar-refractivity contribution in [2.75, 3.05) is 0 Å². The van der Waals surface area contributed by atoms with Crippen LogP contribution in [0.3, 0.4) is 0 Å². The van der Waals surface area contributed by atoms with Crippen LogP contribution in [-0.4, -0.2) is 19.5 Å². The smallest absolute Gasteiger partial charge is 0.145 e. The summed E-state index contributed by atoms with van der Waals surface area (Å²) in [4.78, 5) is 15.7. The zero-order chi connectivity index (χ0) is 37.1. The van der Waals surface area contributed by atoms with Crippen molar-refractivity contribution >= 4 is 0 Å². The maximum atomic E-state index is 5.23. The zero-order valence-corrected chi connectivity index (χ0v) is 30.8. The van der Waals surface area contributed by atoms with Crippen molar-refractivity contribution in [3.8, 4) is 84.4 Å². The third-order valence-electron chi connectivity index (χ3n) is 10.2. The Morgan fingerprint density at radius 3 is 1.00 bits per heavy atom. The second-order valence-corrected chi connectivity index (χ2v) is 13.7. The van der Waals surface area contributed by atoms with Crippen LogP contribution in [0, 0.1) is 13.8 Å². The molecule has 262 valence electrons. The van der Waals surface area contributed by atoms with E-state index in [1.165, 1.54) is 0 Å². The maximum absolute atomic E-state index is 5.23. The molecule has 0 amide bonds. The average Bonchev–Trinajstić information content (AvgIpc) is 3.57. The summed E-state index contributed by atoms with van der Waals surface area (Å²) < 4.78 is 2.35. The predicted octanol–water partition coefficient (Wildman–Crippen LogP) is 12.9. The number of hydrogen-bond acceptors (Lipinski definition) is 3. The van der Waals surface area contributed by atoms with Gasteiger partial charge in [0, 0.05) is 44.6 Å². The molecule has 0 unspecified atom stereocenters. The quantitative estimate of drug-likeness (QED) is 0.158. The maximum Gasteiger partial charge on any atom is 0.145 e. The minimum Gasteiger partial charge on any atom is -0.296 e. The Hall–Kier alpha value is -7.17. The van der Waals surface area contributed by atoms with Crippen molar-refractivity contribution in [1.82, 2.24) is 19.5 Å². The summed E-state index contributed by atoms with van der Waals surface area (Å²) in [5.74, 6) is 0.894. The molecule has 0 aliphatic heterocycles. The van der Waals surface area contributed by atoms with Crippen molar-refractivity contribution < 1.29 is 0 Å². The van der Waals surface area contributed by atoms with Crippen LogP contribution in [0.2, 0.25) is 0 Å². The van der Waals surface area contributed by atoms with Crippen LogP contribution in [0.15, 0.2) is 194 Å². The number of aryl methyl sites for hydroxylation is 1. The van der Waals surface area contributed by atoms with Crippen LogP contribution in [-0.2, 0) is 0 Å². The molecule has 0 saturated heterocycles. The molecule has 3 heterocycles. The number of pyridine rings is 2. The SMILES string of the molecule is Cc1nc(-c2ccccc2)n(-c2c(-c3cc(-c4ccccc4)nc(-c4ccccc4)c3)cccc2-c2cc(-c3ccccc3)nc(-c3ccccc3)c2)c1C. The van der Waals surface area contributed by atoms with Gasteiger partial charge in [-0.15, -0.1) is 0 Å². The summed E-state index contributed by atoms with van der Waals surface area (Å²) in [6.45, 7) is 4.27. The lowest BCUT2D eigenvalue weighted by Gasteiger charge is -2.22. The lowest BCUT2D eigenvalue weighted by Crippen LogP contribution is -2.05. The minimum absolute atomic E-state index is 0.894. The van der Waals surface area contributed by atoms with Gasteiger partial charge in [0.1, 0.15) is 5.82 Å². The second kappa shape index (κ2) is 14.7. The van der Waals surface area contributed by atoms with E-state index in [-0.39, 0.29) is 0 Å². The van der Waals surface area contributed by atoms with Gasteiger partial charge in [-0.2, -0.15) is 0 Å². The standard InChI is InChI=1S/C51H38N4/c1-35-36(2)55(51(52-35)41-27-16-7-17-28-41)50-44(42-31-46(37-19-8-3-9-20-37)53-47(32-42)38-21-10-4-11-22-38)29-18-30-45(50)43-33-48(39-23-12-5-13-24-39)54-49(34-43)40-25-14-6-15-26-40/h3-34H,1-2H3. The van der Waals surface area contributed by atoms with Crippen LogP contribution in [0.4, 0.5) is 0 Å². The molecule has 9 rings (SSSR count). The van der Waals surface area contributed by atoms with Crippen LogP contribution in [0.5, 0.6) is 0 Å². The third-order valence-corrected chi connectivity index (χ3v) is 10.2. The highest BCUT2D eigenvalue weighted by Gasteiger charge is 2.23. The van der Waals surface area contributed by atoms with E-state index >= 15 is 0 Å². The molecule has 4 nitrogen and oxygen atoms in total. The predicted molar refractivity (Wildman–Crippen MR) is 227 cm³/mol. The number of para-hydroxylation sites is 1. The van der Waals surface area contributed by atoms with Crippen molar-refractivity contribution in [3.63, 3.8) is 0 Å². The Morgan fingerprint density at radius 2 is 0.655 bits per heavy atom. The van der Waals surface area contributed by atoms with Gasteiger partial charge in [-0.05, 0) is 49.2 Å². The minimum atomic E-state index is 0.894. The molecule has 0 fully saturated rings. The van der Waals surface area contributed by atoms with Crippen molar-refractivity contribution in [3.05, 3.63) is 206 Å². The van der Waals surface area contributed by atoms with Crippen molar-refractivity contribution in [2.24, 2.45) is 0 Å². The fraction of sp³-hybridized carbons (Fsp3) is 0.0392. The average molecular weight is 707 g/mol. The molecule has 3 aromatic heterocycles. The number of imidazole rings is 1. The molecular weight excluding hydrogens is 669 g/mol. The molecule has 0 spiro atoms. The molecule has 0 radical (unpaired) electrons. The molecule has 4 heteroatoms. The summed E-state index contributed by atoms with van der Waals surface area (Å²) in [5.41, 5.74) is 16.3. The van der Waals surface area contributed by atoms with Gasteiger partial charge in [0.15, 0.2) is 0 Å². The molecule has 0 aliphatic carbocycles. The number of nitrogens with zero attached hydrogens (tertiary/aromatic N) is 4. The summed E-state index contributed by atoms with van der Waals surface area (Å²) in [6, 6.07) is 67.8. The Morgan fingerprint density at radius 1 is 0.327 bits per heavy atom. The van der Waals surface area contributed by atoms with Crippen LogP contribution >= 0.6 is 0 Å². The van der Waals surface area contributed by atoms with Gasteiger partial charge >= 0.3 is 0 Å². The lowest BCUT2D eigenvalue weighted by molar-refractivity contribution is 1.01. The van der Waals surface area contributed by atoms with E-state index in [1.807, 2.05) is 24.3 Å². The Bertz CT molecular complexity index is 2480. The molecule has 0 atom stereocenters. The number of rotatable bonds is 8. The van der Waals surface area contributed by atoms with E-state index in [2.05, 4.69) is 188 Å². The molecule has 0 saturated carbocycles. The first-order chi connectivity index (χ1) is 27.1. The second-order valence-electron chi connectivity index (χ2n) is 13.7. The summed E-state index contributed by atoms with van der Waals surface area (Å²) in [5, 5.41) is 0. The van der Waals surface area contributed by atoms with Crippen LogP contribution in [0.25, 0.3) is 84.4 Å². The van der Waals surface area contributed by atoms with Crippen molar-refractivity contribution in [1.29, 1.82) is 0 Å². The number of aromatic nitrogens is 4. The van der Waals surface area contributed by atoms with Gasteiger partial charge in [-0.3, -0.25) is 4.57 Å². The first kappa shape index (κ1) is 33.7. The third kappa shape index (κ3) is 6.67. The van der Waals surface area contributed by atoms with Crippen LogP contribution in [0.1, 0.15) is 11.4 Å². The first-order valence-corrected chi connectivity index (χ1v) is 18.6. The molecule has 0 aliphatic rings. The van der Waals surface area contributed by atoms with E-state index in [0.717, 1.165) is 95.7 Å². The highest BCUT2D eigenvalue weighted by atomic mass is 15.1. The van der Waals surface area contributed by atoms with E-state index in [1.54, 1.807) is 0 Å². The molecule has 6 aromatic carbocycles. The Balaban J connectivity index is 1.38.